The van der Waals surface area contributed by atoms with Crippen LogP contribution >= 0.6 is 0 Å². The first-order chi connectivity index (χ1) is 16.2. The van der Waals surface area contributed by atoms with Crippen molar-refractivity contribution in [2.24, 2.45) is 5.92 Å². The Morgan fingerprint density at radius 1 is 0.879 bits per heavy atom. The molecule has 0 radical (unpaired) electrons. The van der Waals surface area contributed by atoms with Crippen LogP contribution < -0.4 is 16.1 Å². The lowest BCUT2D eigenvalue weighted by Gasteiger charge is -2.39. The molecule has 5 rings (SSSR count). The Morgan fingerprint density at radius 3 is 2.70 bits per heavy atom. The molecule has 1 aliphatic carbocycles. The highest BCUT2D eigenvalue weighted by Crippen LogP contribution is 2.32. The van der Waals surface area contributed by atoms with Crippen LogP contribution in [0.5, 0.6) is 0 Å². The van der Waals surface area contributed by atoms with E-state index in [1.54, 1.807) is 0 Å². The standard InChI is InChI=1S/C25H44N4O4/c30-25(29-12-4-7-21(15-29)31-16-19-6-1-2-10-26-19)24-14-22(33-28-24)17-32-20-8-9-23-18(13-20)5-3-11-27-23/h18-24,26-28H,1-17H2. The predicted molar refractivity (Wildman–Crippen MR) is 126 cm³/mol. The number of fused-ring (bicyclic) bond motifs is 1. The van der Waals surface area contributed by atoms with Gasteiger partial charge in [0.05, 0.1) is 25.4 Å². The molecule has 1 amide bonds. The zero-order valence-corrected chi connectivity index (χ0v) is 20.1. The third-order valence-corrected chi connectivity index (χ3v) is 8.42. The minimum absolute atomic E-state index is 0.0460. The monoisotopic (exact) mass is 464 g/mol. The molecule has 188 valence electrons. The number of nitrogens with one attached hydrogen (secondary N) is 3. The van der Waals surface area contributed by atoms with Gasteiger partial charge in [0.2, 0.25) is 5.91 Å². The Kier molecular flexibility index (Phi) is 8.55. The molecular weight excluding hydrogens is 420 g/mol. The third kappa shape index (κ3) is 6.47. The molecule has 7 unspecified atom stereocenters. The largest absolute Gasteiger partial charge is 0.375 e. The van der Waals surface area contributed by atoms with Gasteiger partial charge in [-0.1, -0.05) is 6.42 Å². The van der Waals surface area contributed by atoms with Gasteiger partial charge in [0, 0.05) is 31.6 Å². The number of hydrogen-bond donors (Lipinski definition) is 3. The molecule has 0 bridgehead atoms. The molecule has 0 aromatic rings. The maximum Gasteiger partial charge on any atom is 0.242 e. The molecule has 33 heavy (non-hydrogen) atoms. The first kappa shape index (κ1) is 23.9. The van der Waals surface area contributed by atoms with Gasteiger partial charge in [-0.25, -0.2) is 0 Å². The van der Waals surface area contributed by atoms with Crippen molar-refractivity contribution in [3.8, 4) is 0 Å². The molecule has 0 spiro atoms. The molecule has 4 heterocycles. The summed E-state index contributed by atoms with van der Waals surface area (Å²) in [5.41, 5.74) is 3.00. The first-order valence-electron chi connectivity index (χ1n) is 13.6. The van der Waals surface area contributed by atoms with Crippen molar-refractivity contribution in [3.05, 3.63) is 0 Å². The van der Waals surface area contributed by atoms with Gasteiger partial charge in [-0.3, -0.25) is 9.63 Å². The Labute approximate surface area is 198 Å². The second kappa shape index (κ2) is 11.8. The van der Waals surface area contributed by atoms with Crippen LogP contribution in [0.1, 0.15) is 70.6 Å². The van der Waals surface area contributed by atoms with Crippen molar-refractivity contribution in [1.82, 2.24) is 21.0 Å². The zero-order chi connectivity index (χ0) is 22.5. The van der Waals surface area contributed by atoms with Crippen LogP contribution in [0.4, 0.5) is 0 Å². The molecule has 4 saturated heterocycles. The van der Waals surface area contributed by atoms with Crippen molar-refractivity contribution in [2.75, 3.05) is 39.4 Å². The summed E-state index contributed by atoms with van der Waals surface area (Å²) in [4.78, 5) is 20.9. The molecule has 7 atom stereocenters. The van der Waals surface area contributed by atoms with Crippen LogP contribution in [0.25, 0.3) is 0 Å². The summed E-state index contributed by atoms with van der Waals surface area (Å²) in [5, 5.41) is 7.22. The molecule has 3 N–H and O–H groups in total. The molecule has 5 fully saturated rings. The maximum atomic E-state index is 13.1. The van der Waals surface area contributed by atoms with E-state index in [1.807, 2.05) is 4.90 Å². The van der Waals surface area contributed by atoms with Crippen LogP contribution in [0.15, 0.2) is 0 Å². The van der Waals surface area contributed by atoms with Crippen LogP contribution in [-0.4, -0.2) is 86.6 Å². The number of amides is 1. The van der Waals surface area contributed by atoms with Crippen molar-refractivity contribution < 1.29 is 19.1 Å². The Hall–Kier alpha value is -0.770. The summed E-state index contributed by atoms with van der Waals surface area (Å²) in [6.45, 7) is 5.12. The molecule has 5 aliphatic rings. The van der Waals surface area contributed by atoms with Gasteiger partial charge in [0.25, 0.3) is 0 Å². The smallest absolute Gasteiger partial charge is 0.242 e. The van der Waals surface area contributed by atoms with Gasteiger partial charge >= 0.3 is 0 Å². The number of likely N-dealkylation sites (tertiary alicyclic amines) is 1. The summed E-state index contributed by atoms with van der Waals surface area (Å²) < 4.78 is 12.4. The zero-order valence-electron chi connectivity index (χ0n) is 20.1. The lowest BCUT2D eigenvalue weighted by Crippen LogP contribution is -2.50. The molecule has 0 aromatic carbocycles. The second-order valence-corrected chi connectivity index (χ2v) is 10.9. The molecule has 4 aliphatic heterocycles. The number of carbonyl (C=O) groups is 1. The Balaban J connectivity index is 1.01. The SMILES string of the molecule is O=C(C1CC(COC2CCC3NCCCC3C2)ON1)N1CCCC(OCC2CCCCN2)C1. The average molecular weight is 465 g/mol. The van der Waals surface area contributed by atoms with Gasteiger partial charge in [-0.15, -0.1) is 0 Å². The van der Waals surface area contributed by atoms with Crippen LogP contribution in [0.2, 0.25) is 0 Å². The van der Waals surface area contributed by atoms with Crippen LogP contribution in [0.3, 0.4) is 0 Å². The van der Waals surface area contributed by atoms with E-state index >= 15 is 0 Å². The highest BCUT2D eigenvalue weighted by Gasteiger charge is 2.37. The predicted octanol–water partition coefficient (Wildman–Crippen LogP) is 1.74. The first-order valence-corrected chi connectivity index (χ1v) is 13.6. The number of piperidine rings is 3. The van der Waals surface area contributed by atoms with E-state index in [-0.39, 0.29) is 24.2 Å². The summed E-state index contributed by atoms with van der Waals surface area (Å²) in [7, 11) is 0. The molecule has 0 aromatic heterocycles. The third-order valence-electron chi connectivity index (χ3n) is 8.42. The lowest BCUT2D eigenvalue weighted by molar-refractivity contribution is -0.139. The average Bonchev–Trinajstić information content (AvgIpc) is 3.35. The summed E-state index contributed by atoms with van der Waals surface area (Å²) >= 11 is 0. The van der Waals surface area contributed by atoms with Crippen LogP contribution in [-0.2, 0) is 19.1 Å². The normalized spacial score (nSPS) is 39.9. The quantitative estimate of drug-likeness (QED) is 0.529. The number of carbonyl (C=O) groups excluding carboxylic acids is 1. The number of ether oxygens (including phenoxy) is 2. The minimum Gasteiger partial charge on any atom is -0.375 e. The summed E-state index contributed by atoms with van der Waals surface area (Å²) in [6, 6.07) is 0.900. The fourth-order valence-electron chi connectivity index (χ4n) is 6.46. The van der Waals surface area contributed by atoms with E-state index in [2.05, 4.69) is 16.1 Å². The van der Waals surface area contributed by atoms with E-state index < -0.39 is 0 Å². The van der Waals surface area contributed by atoms with E-state index in [0.717, 1.165) is 51.3 Å². The van der Waals surface area contributed by atoms with Crippen molar-refractivity contribution >= 4 is 5.91 Å². The lowest BCUT2D eigenvalue weighted by atomic mass is 9.78. The summed E-state index contributed by atoms with van der Waals surface area (Å²) in [6.07, 6.45) is 13.0. The molecule has 1 saturated carbocycles. The van der Waals surface area contributed by atoms with E-state index in [0.29, 0.717) is 37.8 Å². The highest BCUT2D eigenvalue weighted by molar-refractivity contribution is 5.82. The molecular formula is C25H44N4O4. The fourth-order valence-corrected chi connectivity index (χ4v) is 6.46. The number of rotatable bonds is 7. The number of nitrogens with zero attached hydrogens (tertiary/aromatic N) is 1. The van der Waals surface area contributed by atoms with Gasteiger partial charge in [-0.2, -0.15) is 5.48 Å². The number of hydrogen-bond acceptors (Lipinski definition) is 7. The molecule has 8 heteroatoms. The topological polar surface area (TPSA) is 84.1 Å². The number of hydroxylamine groups is 1. The van der Waals surface area contributed by atoms with E-state index in [4.69, 9.17) is 14.3 Å². The fraction of sp³-hybridized carbons (Fsp3) is 0.960. The van der Waals surface area contributed by atoms with Crippen molar-refractivity contribution in [3.63, 3.8) is 0 Å². The molecule has 8 nitrogen and oxygen atoms in total. The minimum atomic E-state index is -0.268. The van der Waals surface area contributed by atoms with E-state index in [9.17, 15) is 4.79 Å². The van der Waals surface area contributed by atoms with Crippen LogP contribution in [0, 0.1) is 5.92 Å². The second-order valence-electron chi connectivity index (χ2n) is 10.9. The van der Waals surface area contributed by atoms with Crippen molar-refractivity contribution in [1.29, 1.82) is 0 Å². The Morgan fingerprint density at radius 2 is 1.79 bits per heavy atom. The van der Waals surface area contributed by atoms with Gasteiger partial charge in [0.15, 0.2) is 0 Å². The van der Waals surface area contributed by atoms with Gasteiger partial charge < -0.3 is 25.0 Å². The highest BCUT2D eigenvalue weighted by atomic mass is 16.7. The Bertz CT molecular complexity index is 632. The van der Waals surface area contributed by atoms with Gasteiger partial charge in [-0.05, 0) is 76.8 Å². The van der Waals surface area contributed by atoms with E-state index in [1.165, 1.54) is 45.1 Å². The maximum absolute atomic E-state index is 13.1. The van der Waals surface area contributed by atoms with Crippen molar-refractivity contribution in [2.45, 2.75) is 107 Å². The van der Waals surface area contributed by atoms with Gasteiger partial charge in [0.1, 0.15) is 12.1 Å². The summed E-state index contributed by atoms with van der Waals surface area (Å²) in [5.74, 6) is 0.910.